The molecule has 0 atom stereocenters. The number of hydrogen-bond acceptors (Lipinski definition) is 3. The molecular weight excluding hydrogens is 250 g/mol. The average molecular weight is 267 g/mol. The summed E-state index contributed by atoms with van der Waals surface area (Å²) < 4.78 is 0. The zero-order valence-corrected chi connectivity index (χ0v) is 11.7. The van der Waals surface area contributed by atoms with Crippen LogP contribution in [0.1, 0.15) is 27.0 Å². The Morgan fingerprint density at radius 3 is 2.80 bits per heavy atom. The number of nitrogens with two attached hydrogens (primary N) is 1. The van der Waals surface area contributed by atoms with Crippen LogP contribution in [0.4, 0.5) is 11.4 Å². The first-order chi connectivity index (χ1) is 9.56. The number of nitrogen functional groups attached to an aromatic ring is 1. The van der Waals surface area contributed by atoms with Gasteiger partial charge in [-0.2, -0.15) is 0 Å². The van der Waals surface area contributed by atoms with Gasteiger partial charge in [0, 0.05) is 30.3 Å². The summed E-state index contributed by atoms with van der Waals surface area (Å²) in [5, 5.41) is 0. The van der Waals surface area contributed by atoms with Crippen molar-refractivity contribution in [2.75, 3.05) is 17.2 Å². The molecule has 1 aromatic carbocycles. The lowest BCUT2D eigenvalue weighted by Gasteiger charge is -2.18. The molecule has 1 aromatic heterocycles. The molecule has 0 saturated heterocycles. The summed E-state index contributed by atoms with van der Waals surface area (Å²) in [6, 6.07) is 5.84. The van der Waals surface area contributed by atoms with Crippen LogP contribution in [0.25, 0.3) is 0 Å². The third-order valence-electron chi connectivity index (χ3n) is 3.73. The highest BCUT2D eigenvalue weighted by Gasteiger charge is 2.26. The summed E-state index contributed by atoms with van der Waals surface area (Å²) in [6.07, 6.45) is 4.24. The van der Waals surface area contributed by atoms with Crippen molar-refractivity contribution in [3.05, 3.63) is 52.8 Å². The van der Waals surface area contributed by atoms with E-state index in [0.717, 1.165) is 28.9 Å². The van der Waals surface area contributed by atoms with Crippen molar-refractivity contribution in [1.29, 1.82) is 0 Å². The van der Waals surface area contributed by atoms with Crippen LogP contribution >= 0.6 is 0 Å². The summed E-state index contributed by atoms with van der Waals surface area (Å²) in [5.41, 5.74) is 11.5. The number of aryl methyl sites for hydroxylation is 2. The number of carbonyl (C=O) groups excluding carboxylic acids is 1. The van der Waals surface area contributed by atoms with Gasteiger partial charge in [-0.1, -0.05) is 6.07 Å². The topological polar surface area (TPSA) is 59.2 Å². The van der Waals surface area contributed by atoms with Crippen molar-refractivity contribution in [3.8, 4) is 0 Å². The first-order valence-electron chi connectivity index (χ1n) is 6.69. The van der Waals surface area contributed by atoms with Gasteiger partial charge in [-0.25, -0.2) is 0 Å². The van der Waals surface area contributed by atoms with Crippen LogP contribution in [0.2, 0.25) is 0 Å². The van der Waals surface area contributed by atoms with Gasteiger partial charge >= 0.3 is 0 Å². The van der Waals surface area contributed by atoms with Gasteiger partial charge in [0.25, 0.3) is 5.91 Å². The summed E-state index contributed by atoms with van der Waals surface area (Å²) in [6.45, 7) is 4.62. The Labute approximate surface area is 118 Å². The highest BCUT2D eigenvalue weighted by atomic mass is 16.2. The number of pyridine rings is 1. The van der Waals surface area contributed by atoms with Crippen LogP contribution in [0.3, 0.4) is 0 Å². The molecule has 3 rings (SSSR count). The second-order valence-corrected chi connectivity index (χ2v) is 5.30. The fraction of sp³-hybridized carbons (Fsp3) is 0.250. The van der Waals surface area contributed by atoms with Crippen molar-refractivity contribution in [3.63, 3.8) is 0 Å². The maximum absolute atomic E-state index is 12.6. The van der Waals surface area contributed by atoms with Crippen molar-refractivity contribution in [2.24, 2.45) is 0 Å². The molecule has 1 aliphatic heterocycles. The molecule has 1 amide bonds. The van der Waals surface area contributed by atoms with Gasteiger partial charge in [-0.05, 0) is 49.1 Å². The summed E-state index contributed by atoms with van der Waals surface area (Å²) in [4.78, 5) is 18.5. The van der Waals surface area contributed by atoms with E-state index in [1.807, 2.05) is 26.0 Å². The molecule has 20 heavy (non-hydrogen) atoms. The Kier molecular flexibility index (Phi) is 2.93. The fourth-order valence-electron chi connectivity index (χ4n) is 2.62. The molecule has 4 nitrogen and oxygen atoms in total. The Morgan fingerprint density at radius 1 is 1.25 bits per heavy atom. The zero-order valence-electron chi connectivity index (χ0n) is 11.7. The lowest BCUT2D eigenvalue weighted by molar-refractivity contribution is 0.0989. The minimum Gasteiger partial charge on any atom is -0.398 e. The minimum absolute atomic E-state index is 0.0109. The summed E-state index contributed by atoms with van der Waals surface area (Å²) >= 11 is 0. The Morgan fingerprint density at radius 2 is 2.05 bits per heavy atom. The molecule has 2 heterocycles. The molecule has 0 saturated carbocycles. The highest BCUT2D eigenvalue weighted by molar-refractivity contribution is 6.07. The number of carbonyl (C=O) groups is 1. The molecule has 2 N–H and O–H groups in total. The van der Waals surface area contributed by atoms with Crippen LogP contribution in [0, 0.1) is 13.8 Å². The predicted octanol–water partition coefficient (Wildman–Crippen LogP) is 2.48. The van der Waals surface area contributed by atoms with Crippen molar-refractivity contribution in [1.82, 2.24) is 4.98 Å². The van der Waals surface area contributed by atoms with Crippen LogP contribution in [-0.4, -0.2) is 17.4 Å². The average Bonchev–Trinajstić information content (AvgIpc) is 2.81. The standard InChI is InChI=1S/C16H17N3O/c1-10-5-13(9-18-8-10)16(20)19-4-3-12-6-11(2)14(17)7-15(12)19/h5-9H,3-4,17H2,1-2H3. The first kappa shape index (κ1) is 12.7. The van der Waals surface area contributed by atoms with Gasteiger partial charge < -0.3 is 10.6 Å². The number of aromatic nitrogens is 1. The molecule has 0 radical (unpaired) electrons. The van der Waals surface area contributed by atoms with Crippen LogP contribution in [0.5, 0.6) is 0 Å². The molecule has 1 aliphatic rings. The van der Waals surface area contributed by atoms with E-state index < -0.39 is 0 Å². The van der Waals surface area contributed by atoms with Crippen LogP contribution in [0.15, 0.2) is 30.6 Å². The molecule has 0 fully saturated rings. The van der Waals surface area contributed by atoms with E-state index in [4.69, 9.17) is 5.73 Å². The number of amides is 1. The van der Waals surface area contributed by atoms with Gasteiger partial charge in [-0.3, -0.25) is 9.78 Å². The third kappa shape index (κ3) is 2.03. The molecular formula is C16H17N3O. The van der Waals surface area contributed by atoms with E-state index in [1.54, 1.807) is 17.3 Å². The molecule has 4 heteroatoms. The van der Waals surface area contributed by atoms with Crippen molar-refractivity contribution in [2.45, 2.75) is 20.3 Å². The van der Waals surface area contributed by atoms with E-state index in [2.05, 4.69) is 11.1 Å². The van der Waals surface area contributed by atoms with Gasteiger partial charge in [0.05, 0.1) is 5.56 Å². The number of anilines is 2. The van der Waals surface area contributed by atoms with Crippen LogP contribution < -0.4 is 10.6 Å². The lowest BCUT2D eigenvalue weighted by atomic mass is 10.1. The Bertz CT molecular complexity index is 694. The maximum Gasteiger partial charge on any atom is 0.259 e. The minimum atomic E-state index is -0.0109. The summed E-state index contributed by atoms with van der Waals surface area (Å²) in [5.74, 6) is -0.0109. The number of hydrogen-bond donors (Lipinski definition) is 1. The van der Waals surface area contributed by atoms with Crippen LogP contribution in [-0.2, 0) is 6.42 Å². The predicted molar refractivity (Wildman–Crippen MR) is 79.9 cm³/mol. The Hall–Kier alpha value is -2.36. The first-order valence-corrected chi connectivity index (χ1v) is 6.69. The highest BCUT2D eigenvalue weighted by Crippen LogP contribution is 2.33. The zero-order chi connectivity index (χ0) is 14.3. The molecule has 2 aromatic rings. The largest absolute Gasteiger partial charge is 0.398 e. The maximum atomic E-state index is 12.6. The third-order valence-corrected chi connectivity index (χ3v) is 3.73. The SMILES string of the molecule is Cc1cncc(C(=O)N2CCc3cc(C)c(N)cc32)c1. The smallest absolute Gasteiger partial charge is 0.259 e. The van der Waals surface area contributed by atoms with E-state index in [0.29, 0.717) is 12.1 Å². The molecule has 0 bridgehead atoms. The summed E-state index contributed by atoms with van der Waals surface area (Å²) in [7, 11) is 0. The van der Waals surface area contributed by atoms with Gasteiger partial charge in [0.15, 0.2) is 0 Å². The monoisotopic (exact) mass is 267 g/mol. The number of nitrogens with zero attached hydrogens (tertiary/aromatic N) is 2. The molecule has 0 spiro atoms. The number of rotatable bonds is 1. The van der Waals surface area contributed by atoms with E-state index in [-0.39, 0.29) is 5.91 Å². The Balaban J connectivity index is 1.99. The van der Waals surface area contributed by atoms with Gasteiger partial charge in [0.1, 0.15) is 0 Å². The molecule has 0 aliphatic carbocycles. The van der Waals surface area contributed by atoms with E-state index in [9.17, 15) is 4.79 Å². The fourth-order valence-corrected chi connectivity index (χ4v) is 2.62. The van der Waals surface area contributed by atoms with E-state index in [1.165, 1.54) is 5.56 Å². The number of benzene rings is 1. The molecule has 0 unspecified atom stereocenters. The van der Waals surface area contributed by atoms with Crippen molar-refractivity contribution >= 4 is 17.3 Å². The quantitative estimate of drug-likeness (QED) is 0.807. The molecule has 102 valence electrons. The van der Waals surface area contributed by atoms with Gasteiger partial charge in [0.2, 0.25) is 0 Å². The van der Waals surface area contributed by atoms with E-state index >= 15 is 0 Å². The number of fused-ring (bicyclic) bond motifs is 1. The van der Waals surface area contributed by atoms with Gasteiger partial charge in [-0.15, -0.1) is 0 Å². The lowest BCUT2D eigenvalue weighted by Crippen LogP contribution is -2.29. The van der Waals surface area contributed by atoms with Crippen molar-refractivity contribution < 1.29 is 4.79 Å². The second kappa shape index (κ2) is 4.63. The normalized spacial score (nSPS) is 13.4. The second-order valence-electron chi connectivity index (χ2n) is 5.30.